The molecule has 0 heterocycles. The van der Waals surface area contributed by atoms with Crippen molar-refractivity contribution in [1.29, 1.82) is 0 Å². The molecule has 0 radical (unpaired) electrons. The summed E-state index contributed by atoms with van der Waals surface area (Å²) in [5.41, 5.74) is 2.31. The van der Waals surface area contributed by atoms with Crippen molar-refractivity contribution in [2.45, 2.75) is 19.3 Å². The first-order valence-corrected chi connectivity index (χ1v) is 9.99. The minimum absolute atomic E-state index is 0.162. The molecule has 0 aliphatic rings. The monoisotopic (exact) mass is 380 g/mol. The molecule has 0 atom stereocenters. The van der Waals surface area contributed by atoms with Crippen LogP contribution in [-0.4, -0.2) is 0 Å². The van der Waals surface area contributed by atoms with Gasteiger partial charge >= 0.3 is 0 Å². The van der Waals surface area contributed by atoms with Gasteiger partial charge in [-0.1, -0.05) is 79.7 Å². The predicted octanol–water partition coefficient (Wildman–Crippen LogP) is 7.81. The SMILES string of the molecule is CCC(c1ccccc1Oc1ccccc1)c1ccccc1Oc1ccccc1. The highest BCUT2D eigenvalue weighted by molar-refractivity contribution is 5.49. The largest absolute Gasteiger partial charge is 0.457 e. The highest BCUT2D eigenvalue weighted by Crippen LogP contribution is 2.40. The first-order chi connectivity index (χ1) is 14.3. The Morgan fingerprint density at radius 2 is 0.897 bits per heavy atom. The molecule has 0 saturated carbocycles. The summed E-state index contributed by atoms with van der Waals surface area (Å²) >= 11 is 0. The van der Waals surface area contributed by atoms with E-state index in [0.29, 0.717) is 0 Å². The third kappa shape index (κ3) is 4.49. The second-order valence-electron chi connectivity index (χ2n) is 6.87. The van der Waals surface area contributed by atoms with Crippen molar-refractivity contribution in [3.8, 4) is 23.0 Å². The molecule has 29 heavy (non-hydrogen) atoms. The van der Waals surface area contributed by atoms with Crippen LogP contribution in [0.15, 0.2) is 109 Å². The lowest BCUT2D eigenvalue weighted by Gasteiger charge is -2.22. The summed E-state index contributed by atoms with van der Waals surface area (Å²) in [4.78, 5) is 0. The molecule has 4 rings (SSSR count). The van der Waals surface area contributed by atoms with Crippen molar-refractivity contribution in [2.24, 2.45) is 0 Å². The molecular weight excluding hydrogens is 356 g/mol. The van der Waals surface area contributed by atoms with E-state index in [1.54, 1.807) is 0 Å². The van der Waals surface area contributed by atoms with Crippen molar-refractivity contribution in [3.63, 3.8) is 0 Å². The summed E-state index contributed by atoms with van der Waals surface area (Å²) in [5.74, 6) is 3.59. The Kier molecular flexibility index (Phi) is 5.92. The second-order valence-corrected chi connectivity index (χ2v) is 6.87. The van der Waals surface area contributed by atoms with Crippen LogP contribution in [0.4, 0.5) is 0 Å². The highest BCUT2D eigenvalue weighted by atomic mass is 16.5. The topological polar surface area (TPSA) is 18.5 Å². The smallest absolute Gasteiger partial charge is 0.131 e. The summed E-state index contributed by atoms with van der Waals surface area (Å²) in [5, 5.41) is 0. The zero-order chi connectivity index (χ0) is 19.9. The average molecular weight is 380 g/mol. The first kappa shape index (κ1) is 18.8. The van der Waals surface area contributed by atoms with Gasteiger partial charge in [0.05, 0.1) is 0 Å². The van der Waals surface area contributed by atoms with E-state index in [0.717, 1.165) is 40.5 Å². The lowest BCUT2D eigenvalue weighted by molar-refractivity contribution is 0.461. The zero-order valence-corrected chi connectivity index (χ0v) is 16.5. The zero-order valence-electron chi connectivity index (χ0n) is 16.5. The summed E-state index contributed by atoms with van der Waals surface area (Å²) in [6.45, 7) is 2.20. The van der Waals surface area contributed by atoms with E-state index in [2.05, 4.69) is 31.2 Å². The van der Waals surface area contributed by atoms with Gasteiger partial charge in [0.1, 0.15) is 23.0 Å². The van der Waals surface area contributed by atoms with Crippen LogP contribution in [-0.2, 0) is 0 Å². The van der Waals surface area contributed by atoms with Crippen molar-refractivity contribution >= 4 is 0 Å². The molecule has 4 aromatic rings. The fraction of sp³-hybridized carbons (Fsp3) is 0.111. The van der Waals surface area contributed by atoms with E-state index in [9.17, 15) is 0 Å². The average Bonchev–Trinajstić information content (AvgIpc) is 2.78. The molecule has 0 fully saturated rings. The van der Waals surface area contributed by atoms with Gasteiger partial charge in [-0.2, -0.15) is 0 Å². The molecule has 0 unspecified atom stereocenters. The van der Waals surface area contributed by atoms with Gasteiger partial charge in [0.2, 0.25) is 0 Å². The van der Waals surface area contributed by atoms with Crippen LogP contribution in [0.3, 0.4) is 0 Å². The molecule has 0 amide bonds. The molecule has 4 aromatic carbocycles. The maximum absolute atomic E-state index is 6.23. The summed E-state index contributed by atoms with van der Waals surface area (Å²) < 4.78 is 12.5. The first-order valence-electron chi connectivity index (χ1n) is 9.99. The molecule has 0 bridgehead atoms. The molecule has 0 N–H and O–H groups in total. The van der Waals surface area contributed by atoms with Gasteiger partial charge in [-0.25, -0.2) is 0 Å². The predicted molar refractivity (Wildman–Crippen MR) is 118 cm³/mol. The Balaban J connectivity index is 1.70. The van der Waals surface area contributed by atoms with Gasteiger partial charge in [0, 0.05) is 17.0 Å². The van der Waals surface area contributed by atoms with Crippen molar-refractivity contribution in [1.82, 2.24) is 0 Å². The van der Waals surface area contributed by atoms with Crippen molar-refractivity contribution in [3.05, 3.63) is 120 Å². The van der Waals surface area contributed by atoms with Gasteiger partial charge in [-0.15, -0.1) is 0 Å². The lowest BCUT2D eigenvalue weighted by Crippen LogP contribution is -2.04. The van der Waals surface area contributed by atoms with Crippen LogP contribution >= 0.6 is 0 Å². The van der Waals surface area contributed by atoms with Gasteiger partial charge in [0.15, 0.2) is 0 Å². The maximum atomic E-state index is 6.23. The van der Waals surface area contributed by atoms with Gasteiger partial charge in [0.25, 0.3) is 0 Å². The summed E-state index contributed by atoms with van der Waals surface area (Å²) in [6, 6.07) is 36.3. The van der Waals surface area contributed by atoms with E-state index in [-0.39, 0.29) is 5.92 Å². The third-order valence-corrected chi connectivity index (χ3v) is 4.94. The van der Waals surface area contributed by atoms with E-state index in [4.69, 9.17) is 9.47 Å². The summed E-state index contributed by atoms with van der Waals surface area (Å²) in [6.07, 6.45) is 0.935. The minimum atomic E-state index is 0.162. The van der Waals surface area contributed by atoms with Crippen LogP contribution in [0, 0.1) is 0 Å². The standard InChI is InChI=1S/C27H24O2/c1-2-23(24-17-9-11-19-26(24)28-21-13-5-3-6-14-21)25-18-10-12-20-27(25)29-22-15-7-4-8-16-22/h3-20,23H,2H2,1H3. The lowest BCUT2D eigenvalue weighted by atomic mass is 9.88. The Morgan fingerprint density at radius 3 is 1.31 bits per heavy atom. The summed E-state index contributed by atoms with van der Waals surface area (Å²) in [7, 11) is 0. The molecule has 0 saturated heterocycles. The number of rotatable bonds is 7. The van der Waals surface area contributed by atoms with E-state index in [1.807, 2.05) is 84.9 Å². The molecule has 2 nitrogen and oxygen atoms in total. The fourth-order valence-electron chi connectivity index (χ4n) is 3.56. The van der Waals surface area contributed by atoms with Crippen LogP contribution in [0.5, 0.6) is 23.0 Å². The number of para-hydroxylation sites is 4. The molecule has 2 heteroatoms. The van der Waals surface area contributed by atoms with E-state index in [1.165, 1.54) is 0 Å². The van der Waals surface area contributed by atoms with Gasteiger partial charge < -0.3 is 9.47 Å². The van der Waals surface area contributed by atoms with Crippen molar-refractivity contribution in [2.75, 3.05) is 0 Å². The van der Waals surface area contributed by atoms with Gasteiger partial charge in [-0.3, -0.25) is 0 Å². The molecule has 0 spiro atoms. The van der Waals surface area contributed by atoms with E-state index >= 15 is 0 Å². The number of hydrogen-bond donors (Lipinski definition) is 0. The third-order valence-electron chi connectivity index (χ3n) is 4.94. The van der Waals surface area contributed by atoms with Crippen LogP contribution in [0.1, 0.15) is 30.4 Å². The maximum Gasteiger partial charge on any atom is 0.131 e. The number of ether oxygens (including phenoxy) is 2. The molecular formula is C27H24O2. The highest BCUT2D eigenvalue weighted by Gasteiger charge is 2.20. The quantitative estimate of drug-likeness (QED) is 0.325. The Labute approximate surface area is 172 Å². The Hall–Kier alpha value is -3.52. The Bertz CT molecular complexity index is 957. The number of hydrogen-bond acceptors (Lipinski definition) is 2. The normalized spacial score (nSPS) is 10.7. The molecule has 0 aromatic heterocycles. The van der Waals surface area contributed by atoms with Gasteiger partial charge in [-0.05, 0) is 42.8 Å². The minimum Gasteiger partial charge on any atom is -0.457 e. The molecule has 144 valence electrons. The van der Waals surface area contributed by atoms with Crippen molar-refractivity contribution < 1.29 is 9.47 Å². The Morgan fingerprint density at radius 1 is 0.517 bits per heavy atom. The number of benzene rings is 4. The van der Waals surface area contributed by atoms with Crippen LogP contribution in [0.2, 0.25) is 0 Å². The fourth-order valence-corrected chi connectivity index (χ4v) is 3.56. The second kappa shape index (κ2) is 9.11. The molecule has 0 aliphatic heterocycles. The van der Waals surface area contributed by atoms with E-state index < -0.39 is 0 Å². The van der Waals surface area contributed by atoms with Crippen LogP contribution in [0.25, 0.3) is 0 Å². The molecule has 0 aliphatic carbocycles. The van der Waals surface area contributed by atoms with Crippen LogP contribution < -0.4 is 9.47 Å².